The fourth-order valence-electron chi connectivity index (χ4n) is 0.903. The largest absolute Gasteiger partial charge is 0.264 e. The van der Waals surface area contributed by atoms with Crippen LogP contribution in [0.1, 0.15) is 18.1 Å². The normalized spacial score (nSPS) is 10.5. The molecule has 0 spiro atoms. The first-order chi connectivity index (χ1) is 5.70. The van der Waals surface area contributed by atoms with E-state index in [0.717, 1.165) is 5.57 Å². The molecule has 0 saturated carbocycles. The summed E-state index contributed by atoms with van der Waals surface area (Å²) in [6.45, 7) is 7.82. The second-order valence-corrected chi connectivity index (χ2v) is 2.91. The number of hydrogen-bond acceptors (Lipinski definition) is 1. The van der Waals surface area contributed by atoms with E-state index in [0.29, 0.717) is 0 Å². The maximum Gasteiger partial charge on any atom is 0.0303 e. The summed E-state index contributed by atoms with van der Waals surface area (Å²) >= 11 is 0. The van der Waals surface area contributed by atoms with Gasteiger partial charge in [-0.2, -0.15) is 0 Å². The third-order valence-corrected chi connectivity index (χ3v) is 1.61. The van der Waals surface area contributed by atoms with E-state index >= 15 is 0 Å². The molecular weight excluding hydrogens is 146 g/mol. The van der Waals surface area contributed by atoms with E-state index < -0.39 is 0 Å². The smallest absolute Gasteiger partial charge is 0.0303 e. The molecule has 1 heterocycles. The molecule has 0 N–H and O–H groups in total. The van der Waals surface area contributed by atoms with Crippen molar-refractivity contribution in [2.24, 2.45) is 0 Å². The van der Waals surface area contributed by atoms with Crippen LogP contribution in [0.5, 0.6) is 0 Å². The van der Waals surface area contributed by atoms with E-state index in [9.17, 15) is 0 Å². The van der Waals surface area contributed by atoms with Crippen LogP contribution in [-0.2, 0) is 0 Å². The highest BCUT2D eigenvalue weighted by Crippen LogP contribution is 2.08. The molecule has 1 aromatic rings. The minimum Gasteiger partial charge on any atom is -0.264 e. The Labute approximate surface area is 73.5 Å². The number of pyridine rings is 1. The van der Waals surface area contributed by atoms with E-state index in [1.165, 1.54) is 11.1 Å². The molecule has 1 aromatic heterocycles. The number of nitrogens with zero attached hydrogens (tertiary/aromatic N) is 1. The van der Waals surface area contributed by atoms with E-state index in [-0.39, 0.29) is 0 Å². The summed E-state index contributed by atoms with van der Waals surface area (Å²) < 4.78 is 0. The zero-order chi connectivity index (χ0) is 8.97. The molecule has 0 amide bonds. The fourth-order valence-corrected chi connectivity index (χ4v) is 0.903. The Kier molecular flexibility index (Phi) is 2.81. The molecule has 0 radical (unpaired) electrons. The highest BCUT2D eigenvalue weighted by atomic mass is 14.6. The topological polar surface area (TPSA) is 12.9 Å². The molecule has 0 aliphatic heterocycles. The van der Waals surface area contributed by atoms with Gasteiger partial charge in [0.2, 0.25) is 0 Å². The van der Waals surface area contributed by atoms with Crippen molar-refractivity contribution in [3.8, 4) is 0 Å². The van der Waals surface area contributed by atoms with Gasteiger partial charge in [-0.25, -0.2) is 0 Å². The van der Waals surface area contributed by atoms with Crippen molar-refractivity contribution in [1.29, 1.82) is 0 Å². The zero-order valence-electron chi connectivity index (χ0n) is 7.54. The fraction of sp³-hybridized carbons (Fsp3) is 0.182. The molecule has 0 atom stereocenters. The Morgan fingerprint density at radius 1 is 1.58 bits per heavy atom. The van der Waals surface area contributed by atoms with Crippen LogP contribution < -0.4 is 0 Å². The van der Waals surface area contributed by atoms with Gasteiger partial charge in [0.25, 0.3) is 0 Å². The number of hydrogen-bond donors (Lipinski definition) is 0. The number of aryl methyl sites for hydroxylation is 1. The first-order valence-electron chi connectivity index (χ1n) is 3.94. The molecule has 0 aromatic carbocycles. The van der Waals surface area contributed by atoms with Gasteiger partial charge in [-0.15, -0.1) is 0 Å². The lowest BCUT2D eigenvalue weighted by atomic mass is 10.1. The average Bonchev–Trinajstić information content (AvgIpc) is 2.03. The zero-order valence-corrected chi connectivity index (χ0v) is 7.54. The summed E-state index contributed by atoms with van der Waals surface area (Å²) in [6, 6.07) is 1.99. The molecule has 0 bridgehead atoms. The van der Waals surface area contributed by atoms with Crippen LogP contribution in [0.25, 0.3) is 6.08 Å². The highest BCUT2D eigenvalue weighted by molar-refractivity contribution is 5.54. The minimum absolute atomic E-state index is 1.06. The Morgan fingerprint density at radius 2 is 2.33 bits per heavy atom. The third-order valence-electron chi connectivity index (χ3n) is 1.61. The summed E-state index contributed by atoms with van der Waals surface area (Å²) in [4.78, 5) is 4.02. The predicted molar refractivity (Wildman–Crippen MR) is 52.8 cm³/mol. The molecule has 0 fully saturated rings. The van der Waals surface area contributed by atoms with Crippen LogP contribution in [0.15, 0.2) is 36.7 Å². The van der Waals surface area contributed by atoms with Crippen LogP contribution in [0.2, 0.25) is 0 Å². The van der Waals surface area contributed by atoms with E-state index in [2.05, 4.69) is 17.6 Å². The lowest BCUT2D eigenvalue weighted by molar-refractivity contribution is 1.26. The predicted octanol–water partition coefficient (Wildman–Crippen LogP) is 2.98. The second-order valence-electron chi connectivity index (χ2n) is 2.91. The van der Waals surface area contributed by atoms with Crippen LogP contribution in [0.4, 0.5) is 0 Å². The van der Waals surface area contributed by atoms with Crippen LogP contribution in [0.3, 0.4) is 0 Å². The van der Waals surface area contributed by atoms with Crippen molar-refractivity contribution in [3.63, 3.8) is 0 Å². The molecule has 1 heteroatoms. The van der Waals surface area contributed by atoms with Crippen LogP contribution in [-0.4, -0.2) is 4.98 Å². The second kappa shape index (κ2) is 3.86. The SMILES string of the molecule is C=C(C)/C=C\c1ccncc1C. The quantitative estimate of drug-likeness (QED) is 0.604. The van der Waals surface area contributed by atoms with Gasteiger partial charge in [0.15, 0.2) is 0 Å². The molecule has 0 saturated heterocycles. The summed E-state index contributed by atoms with van der Waals surface area (Å²) in [6.07, 6.45) is 7.71. The molecule has 1 rings (SSSR count). The molecule has 0 unspecified atom stereocenters. The van der Waals surface area contributed by atoms with Crippen molar-refractivity contribution in [2.45, 2.75) is 13.8 Å². The average molecular weight is 159 g/mol. The van der Waals surface area contributed by atoms with Gasteiger partial charge >= 0.3 is 0 Å². The number of allylic oxidation sites excluding steroid dienone is 2. The van der Waals surface area contributed by atoms with Gasteiger partial charge in [0.1, 0.15) is 0 Å². The summed E-state index contributed by atoms with van der Waals surface area (Å²) in [5.41, 5.74) is 3.45. The van der Waals surface area contributed by atoms with E-state index in [1.807, 2.05) is 32.2 Å². The molecule has 62 valence electrons. The van der Waals surface area contributed by atoms with Crippen molar-refractivity contribution in [3.05, 3.63) is 47.8 Å². The summed E-state index contributed by atoms with van der Waals surface area (Å²) in [5.74, 6) is 0. The van der Waals surface area contributed by atoms with Gasteiger partial charge in [-0.05, 0) is 31.0 Å². The van der Waals surface area contributed by atoms with E-state index in [4.69, 9.17) is 0 Å². The lowest BCUT2D eigenvalue weighted by Crippen LogP contribution is -1.80. The maximum absolute atomic E-state index is 4.02. The Bertz CT molecular complexity index is 311. The van der Waals surface area contributed by atoms with Crippen molar-refractivity contribution in [2.75, 3.05) is 0 Å². The molecule has 0 aliphatic carbocycles. The van der Waals surface area contributed by atoms with Crippen LogP contribution >= 0.6 is 0 Å². The molecular formula is C11H13N. The molecule has 0 aliphatic rings. The highest BCUT2D eigenvalue weighted by Gasteiger charge is 1.90. The Balaban J connectivity index is 2.89. The van der Waals surface area contributed by atoms with Gasteiger partial charge in [0, 0.05) is 12.4 Å². The molecule has 12 heavy (non-hydrogen) atoms. The molecule has 1 nitrogen and oxygen atoms in total. The monoisotopic (exact) mass is 159 g/mol. The first kappa shape index (κ1) is 8.72. The Hall–Kier alpha value is -1.37. The van der Waals surface area contributed by atoms with Gasteiger partial charge in [-0.1, -0.05) is 24.3 Å². The van der Waals surface area contributed by atoms with Gasteiger partial charge < -0.3 is 0 Å². The van der Waals surface area contributed by atoms with Crippen LogP contribution in [0, 0.1) is 6.92 Å². The van der Waals surface area contributed by atoms with Crippen molar-refractivity contribution >= 4 is 6.08 Å². The van der Waals surface area contributed by atoms with Crippen molar-refractivity contribution in [1.82, 2.24) is 4.98 Å². The number of rotatable bonds is 2. The first-order valence-corrected chi connectivity index (χ1v) is 3.94. The van der Waals surface area contributed by atoms with Crippen molar-refractivity contribution < 1.29 is 0 Å². The van der Waals surface area contributed by atoms with Gasteiger partial charge in [0.05, 0.1) is 0 Å². The standard InChI is InChI=1S/C11H13N/c1-9(2)4-5-11-6-7-12-8-10(11)3/h4-8H,1H2,2-3H3/b5-4-. The number of aromatic nitrogens is 1. The van der Waals surface area contributed by atoms with Gasteiger partial charge in [-0.3, -0.25) is 4.98 Å². The minimum atomic E-state index is 1.06. The Morgan fingerprint density at radius 3 is 2.92 bits per heavy atom. The lowest BCUT2D eigenvalue weighted by Gasteiger charge is -1.96. The maximum atomic E-state index is 4.02. The third kappa shape index (κ3) is 2.35. The summed E-state index contributed by atoms with van der Waals surface area (Å²) in [7, 11) is 0. The summed E-state index contributed by atoms with van der Waals surface area (Å²) in [5, 5.41) is 0. The van der Waals surface area contributed by atoms with E-state index in [1.54, 1.807) is 6.20 Å².